The van der Waals surface area contributed by atoms with Gasteiger partial charge in [0.1, 0.15) is 0 Å². The lowest BCUT2D eigenvalue weighted by Crippen LogP contribution is -2.40. The average molecular weight is 343 g/mol. The van der Waals surface area contributed by atoms with Crippen molar-refractivity contribution in [1.29, 1.82) is 0 Å². The Morgan fingerprint density at radius 1 is 1.45 bits per heavy atom. The average Bonchev–Trinajstić information content (AvgIpc) is 2.55. The van der Waals surface area contributed by atoms with E-state index in [9.17, 15) is 0 Å². The van der Waals surface area contributed by atoms with Crippen LogP contribution in [0, 0.1) is 6.92 Å². The molecule has 1 N–H and O–H groups in total. The Balaban J connectivity index is 2.12. The van der Waals surface area contributed by atoms with E-state index in [2.05, 4.69) is 52.0 Å². The van der Waals surface area contributed by atoms with Gasteiger partial charge in [0.25, 0.3) is 0 Å². The SMILES string of the molecule is CCCC1CN(Cc2c(Br)c(C)nn2C)C(C)CCN1. The maximum Gasteiger partial charge on any atom is 0.0739 e. The van der Waals surface area contributed by atoms with Crippen LogP contribution in [-0.2, 0) is 13.6 Å². The lowest BCUT2D eigenvalue weighted by Gasteiger charge is -2.29. The van der Waals surface area contributed by atoms with E-state index >= 15 is 0 Å². The summed E-state index contributed by atoms with van der Waals surface area (Å²) in [6.45, 7) is 9.90. The zero-order valence-electron chi connectivity index (χ0n) is 13.1. The molecule has 20 heavy (non-hydrogen) atoms. The summed E-state index contributed by atoms with van der Waals surface area (Å²) < 4.78 is 3.18. The van der Waals surface area contributed by atoms with E-state index in [4.69, 9.17) is 0 Å². The van der Waals surface area contributed by atoms with Crippen molar-refractivity contribution in [3.05, 3.63) is 15.9 Å². The minimum atomic E-state index is 0.617. The van der Waals surface area contributed by atoms with Gasteiger partial charge in [0.05, 0.1) is 15.9 Å². The molecule has 0 spiro atoms. The van der Waals surface area contributed by atoms with Crippen molar-refractivity contribution in [3.8, 4) is 0 Å². The zero-order chi connectivity index (χ0) is 14.7. The Kier molecular flexibility index (Phi) is 5.64. The molecule has 2 rings (SSSR count). The number of nitrogens with one attached hydrogen (secondary N) is 1. The van der Waals surface area contributed by atoms with E-state index < -0.39 is 0 Å². The summed E-state index contributed by atoms with van der Waals surface area (Å²) in [7, 11) is 2.04. The van der Waals surface area contributed by atoms with Crippen LogP contribution in [0.4, 0.5) is 0 Å². The summed E-state index contributed by atoms with van der Waals surface area (Å²) in [5.41, 5.74) is 2.36. The highest BCUT2D eigenvalue weighted by Gasteiger charge is 2.24. The summed E-state index contributed by atoms with van der Waals surface area (Å²) in [6, 6.07) is 1.24. The Morgan fingerprint density at radius 3 is 2.80 bits per heavy atom. The Labute approximate surface area is 131 Å². The Bertz CT molecular complexity index is 443. The lowest BCUT2D eigenvalue weighted by atomic mass is 10.1. The molecule has 1 fully saturated rings. The first-order chi connectivity index (χ1) is 9.52. The van der Waals surface area contributed by atoms with Crippen LogP contribution < -0.4 is 5.32 Å². The quantitative estimate of drug-likeness (QED) is 0.913. The molecule has 114 valence electrons. The van der Waals surface area contributed by atoms with Gasteiger partial charge in [-0.25, -0.2) is 0 Å². The number of aryl methyl sites for hydroxylation is 2. The Morgan fingerprint density at radius 2 is 2.20 bits per heavy atom. The molecule has 0 bridgehead atoms. The minimum Gasteiger partial charge on any atom is -0.313 e. The molecule has 0 aliphatic carbocycles. The number of nitrogens with zero attached hydrogens (tertiary/aromatic N) is 3. The molecule has 1 aliphatic rings. The van der Waals surface area contributed by atoms with Crippen molar-refractivity contribution < 1.29 is 0 Å². The van der Waals surface area contributed by atoms with Crippen LogP contribution in [-0.4, -0.2) is 39.9 Å². The second-order valence-electron chi connectivity index (χ2n) is 5.98. The lowest BCUT2D eigenvalue weighted by molar-refractivity contribution is 0.188. The fraction of sp³-hybridized carbons (Fsp3) is 0.800. The second-order valence-corrected chi connectivity index (χ2v) is 6.77. The van der Waals surface area contributed by atoms with Crippen LogP contribution in [0.5, 0.6) is 0 Å². The van der Waals surface area contributed by atoms with Gasteiger partial charge in [-0.05, 0) is 49.2 Å². The maximum atomic E-state index is 4.51. The summed E-state index contributed by atoms with van der Waals surface area (Å²) in [6.07, 6.45) is 3.72. The molecular weight excluding hydrogens is 316 g/mol. The number of hydrogen-bond donors (Lipinski definition) is 1. The largest absolute Gasteiger partial charge is 0.313 e. The molecule has 5 heteroatoms. The van der Waals surface area contributed by atoms with Crippen LogP contribution in [0.2, 0.25) is 0 Å². The topological polar surface area (TPSA) is 33.1 Å². The van der Waals surface area contributed by atoms with E-state index in [1.807, 2.05) is 11.7 Å². The fourth-order valence-corrected chi connectivity index (χ4v) is 3.47. The minimum absolute atomic E-state index is 0.617. The molecule has 2 heterocycles. The molecule has 1 aromatic heterocycles. The van der Waals surface area contributed by atoms with E-state index in [0.717, 1.165) is 29.8 Å². The molecule has 0 radical (unpaired) electrons. The first-order valence-electron chi connectivity index (χ1n) is 7.68. The highest BCUT2D eigenvalue weighted by atomic mass is 79.9. The summed E-state index contributed by atoms with van der Waals surface area (Å²) in [5, 5.41) is 8.19. The van der Waals surface area contributed by atoms with Gasteiger partial charge in [-0.3, -0.25) is 9.58 Å². The van der Waals surface area contributed by atoms with Crippen molar-refractivity contribution in [2.45, 2.75) is 58.7 Å². The third kappa shape index (κ3) is 3.62. The van der Waals surface area contributed by atoms with E-state index in [1.54, 1.807) is 0 Å². The van der Waals surface area contributed by atoms with E-state index in [0.29, 0.717) is 12.1 Å². The van der Waals surface area contributed by atoms with E-state index in [1.165, 1.54) is 25.0 Å². The number of aromatic nitrogens is 2. The normalized spacial score (nSPS) is 24.9. The molecule has 2 atom stereocenters. The van der Waals surface area contributed by atoms with Gasteiger partial charge in [0.2, 0.25) is 0 Å². The molecule has 0 saturated carbocycles. The highest BCUT2D eigenvalue weighted by Crippen LogP contribution is 2.23. The van der Waals surface area contributed by atoms with E-state index in [-0.39, 0.29) is 0 Å². The van der Waals surface area contributed by atoms with Gasteiger partial charge in [-0.15, -0.1) is 0 Å². The predicted molar refractivity (Wildman–Crippen MR) is 86.8 cm³/mol. The van der Waals surface area contributed by atoms with Crippen LogP contribution in [0.3, 0.4) is 0 Å². The molecule has 1 aliphatic heterocycles. The summed E-state index contributed by atoms with van der Waals surface area (Å²) >= 11 is 3.69. The van der Waals surface area contributed by atoms with Crippen molar-refractivity contribution in [2.24, 2.45) is 7.05 Å². The molecule has 0 aromatic carbocycles. The van der Waals surface area contributed by atoms with Crippen LogP contribution in [0.1, 0.15) is 44.5 Å². The molecule has 1 aromatic rings. The van der Waals surface area contributed by atoms with Gasteiger partial charge < -0.3 is 5.32 Å². The first kappa shape index (κ1) is 16.0. The number of halogens is 1. The summed E-state index contributed by atoms with van der Waals surface area (Å²) in [4.78, 5) is 2.60. The third-order valence-electron chi connectivity index (χ3n) is 4.33. The molecule has 4 nitrogen and oxygen atoms in total. The first-order valence-corrected chi connectivity index (χ1v) is 8.47. The van der Waals surface area contributed by atoms with Gasteiger partial charge in [-0.2, -0.15) is 5.10 Å². The van der Waals surface area contributed by atoms with Crippen molar-refractivity contribution >= 4 is 15.9 Å². The Hall–Kier alpha value is -0.390. The molecule has 1 saturated heterocycles. The van der Waals surface area contributed by atoms with Crippen molar-refractivity contribution in [3.63, 3.8) is 0 Å². The maximum absolute atomic E-state index is 4.51. The van der Waals surface area contributed by atoms with Gasteiger partial charge in [-0.1, -0.05) is 13.3 Å². The second kappa shape index (κ2) is 7.05. The van der Waals surface area contributed by atoms with Gasteiger partial charge >= 0.3 is 0 Å². The third-order valence-corrected chi connectivity index (χ3v) is 5.36. The summed E-state index contributed by atoms with van der Waals surface area (Å²) in [5.74, 6) is 0. The number of rotatable bonds is 4. The standard InChI is InChI=1S/C15H27BrN4/c1-5-6-13-9-20(11(2)7-8-17-13)10-14-15(16)12(3)18-19(14)4/h11,13,17H,5-10H2,1-4H3. The predicted octanol–water partition coefficient (Wildman–Crippen LogP) is 2.84. The van der Waals surface area contributed by atoms with Gasteiger partial charge in [0, 0.05) is 32.2 Å². The molecule has 2 unspecified atom stereocenters. The van der Waals surface area contributed by atoms with Crippen LogP contribution >= 0.6 is 15.9 Å². The smallest absolute Gasteiger partial charge is 0.0739 e. The monoisotopic (exact) mass is 342 g/mol. The van der Waals surface area contributed by atoms with Crippen molar-refractivity contribution in [2.75, 3.05) is 13.1 Å². The number of hydrogen-bond acceptors (Lipinski definition) is 3. The zero-order valence-corrected chi connectivity index (χ0v) is 14.7. The fourth-order valence-electron chi connectivity index (χ4n) is 3.01. The van der Waals surface area contributed by atoms with Crippen LogP contribution in [0.15, 0.2) is 4.47 Å². The van der Waals surface area contributed by atoms with Gasteiger partial charge in [0.15, 0.2) is 0 Å². The molecule has 0 amide bonds. The van der Waals surface area contributed by atoms with Crippen molar-refractivity contribution in [1.82, 2.24) is 20.0 Å². The highest BCUT2D eigenvalue weighted by molar-refractivity contribution is 9.10. The molecular formula is C15H27BrN4. The van der Waals surface area contributed by atoms with Crippen LogP contribution in [0.25, 0.3) is 0 Å².